The van der Waals surface area contributed by atoms with Crippen molar-refractivity contribution in [3.8, 4) is 0 Å². The molecule has 0 aliphatic heterocycles. The lowest BCUT2D eigenvalue weighted by atomic mass is 10.2. The number of ether oxygens (including phenoxy) is 1. The molecule has 1 N–H and O–H groups in total. The molecule has 12 heavy (non-hydrogen) atoms. The Hall–Kier alpha value is -0.0800. The molecule has 72 valence electrons. The molecule has 0 heterocycles. The molecule has 0 aromatic heterocycles. The topological polar surface area (TPSA) is 21.3 Å². The van der Waals surface area contributed by atoms with E-state index in [1.807, 2.05) is 0 Å². The van der Waals surface area contributed by atoms with Crippen molar-refractivity contribution in [2.24, 2.45) is 5.92 Å². The van der Waals surface area contributed by atoms with Crippen LogP contribution in [0.1, 0.15) is 33.1 Å². The highest BCUT2D eigenvalue weighted by molar-refractivity contribution is 4.92. The highest BCUT2D eigenvalue weighted by Crippen LogP contribution is 2.34. The normalized spacial score (nSPS) is 30.2. The maximum atomic E-state index is 5.16. The summed E-state index contributed by atoms with van der Waals surface area (Å²) < 4.78 is 5.16. The van der Waals surface area contributed by atoms with Crippen molar-refractivity contribution in [2.75, 3.05) is 13.7 Å². The van der Waals surface area contributed by atoms with E-state index in [0.29, 0.717) is 6.10 Å². The summed E-state index contributed by atoms with van der Waals surface area (Å²) in [7, 11) is 1.77. The molecule has 0 amide bonds. The van der Waals surface area contributed by atoms with E-state index in [1.54, 1.807) is 7.11 Å². The maximum Gasteiger partial charge on any atom is 0.0667 e. The largest absolute Gasteiger partial charge is 0.380 e. The van der Waals surface area contributed by atoms with Crippen molar-refractivity contribution in [3.63, 3.8) is 0 Å². The minimum atomic E-state index is 0.355. The molecule has 1 rings (SSSR count). The summed E-state index contributed by atoms with van der Waals surface area (Å²) >= 11 is 0. The number of rotatable bonds is 6. The van der Waals surface area contributed by atoms with Crippen molar-refractivity contribution < 1.29 is 4.74 Å². The number of nitrogens with one attached hydrogen (secondary N) is 1. The number of methoxy groups -OCH3 is 1. The third kappa shape index (κ3) is 3.11. The third-order valence-electron chi connectivity index (χ3n) is 2.65. The molecule has 1 aliphatic rings. The fourth-order valence-electron chi connectivity index (χ4n) is 1.59. The molecule has 1 saturated carbocycles. The van der Waals surface area contributed by atoms with Crippen molar-refractivity contribution in [1.29, 1.82) is 0 Å². The smallest absolute Gasteiger partial charge is 0.0667 e. The minimum Gasteiger partial charge on any atom is -0.380 e. The van der Waals surface area contributed by atoms with Gasteiger partial charge in [-0.05, 0) is 25.7 Å². The maximum absolute atomic E-state index is 5.16. The van der Waals surface area contributed by atoms with Crippen molar-refractivity contribution in [2.45, 2.75) is 45.3 Å². The van der Waals surface area contributed by atoms with Crippen LogP contribution in [0.3, 0.4) is 0 Å². The second kappa shape index (κ2) is 4.83. The lowest BCUT2D eigenvalue weighted by molar-refractivity contribution is 0.116. The van der Waals surface area contributed by atoms with Gasteiger partial charge < -0.3 is 10.1 Å². The molecule has 2 nitrogen and oxygen atoms in total. The molecule has 2 heteroatoms. The van der Waals surface area contributed by atoms with E-state index in [-0.39, 0.29) is 0 Å². The summed E-state index contributed by atoms with van der Waals surface area (Å²) in [5.41, 5.74) is 0. The van der Waals surface area contributed by atoms with Gasteiger partial charge in [-0.25, -0.2) is 0 Å². The fourth-order valence-corrected chi connectivity index (χ4v) is 1.59. The van der Waals surface area contributed by atoms with Crippen LogP contribution < -0.4 is 5.32 Å². The number of hydrogen-bond acceptors (Lipinski definition) is 2. The van der Waals surface area contributed by atoms with Gasteiger partial charge in [-0.15, -0.1) is 0 Å². The van der Waals surface area contributed by atoms with Crippen molar-refractivity contribution in [3.05, 3.63) is 0 Å². The van der Waals surface area contributed by atoms with Crippen LogP contribution in [0.5, 0.6) is 0 Å². The van der Waals surface area contributed by atoms with Gasteiger partial charge in [0.2, 0.25) is 0 Å². The number of hydrogen-bond donors (Lipinski definition) is 1. The van der Waals surface area contributed by atoms with Gasteiger partial charge in [0.05, 0.1) is 6.10 Å². The first-order valence-corrected chi connectivity index (χ1v) is 5.04. The van der Waals surface area contributed by atoms with Gasteiger partial charge in [-0.3, -0.25) is 0 Å². The van der Waals surface area contributed by atoms with Crippen LogP contribution in [0.25, 0.3) is 0 Å². The Morgan fingerprint density at radius 2 is 2.33 bits per heavy atom. The highest BCUT2D eigenvalue weighted by Gasteiger charge is 2.35. The van der Waals surface area contributed by atoms with Gasteiger partial charge in [0.1, 0.15) is 0 Å². The van der Waals surface area contributed by atoms with Crippen LogP contribution in [0.2, 0.25) is 0 Å². The second-order valence-electron chi connectivity index (χ2n) is 3.85. The Morgan fingerprint density at radius 1 is 1.58 bits per heavy atom. The molecule has 0 spiro atoms. The molecule has 3 unspecified atom stereocenters. The van der Waals surface area contributed by atoms with Gasteiger partial charge in [0, 0.05) is 19.7 Å². The molecule has 0 bridgehead atoms. The second-order valence-corrected chi connectivity index (χ2v) is 3.85. The average molecular weight is 171 g/mol. The lowest BCUT2D eigenvalue weighted by Crippen LogP contribution is -2.28. The SMILES string of the molecule is CCCC1CC1NCC(C)OC. The summed E-state index contributed by atoms with van der Waals surface area (Å²) in [5, 5.41) is 3.52. The zero-order valence-electron chi connectivity index (χ0n) is 8.47. The van der Waals surface area contributed by atoms with Gasteiger partial charge >= 0.3 is 0 Å². The quantitative estimate of drug-likeness (QED) is 0.658. The zero-order valence-corrected chi connectivity index (χ0v) is 8.47. The van der Waals surface area contributed by atoms with Crippen molar-refractivity contribution in [1.82, 2.24) is 5.32 Å². The molecule has 1 aliphatic carbocycles. The molecular weight excluding hydrogens is 150 g/mol. The Bertz CT molecular complexity index is 127. The van der Waals surface area contributed by atoms with E-state index in [2.05, 4.69) is 19.2 Å². The van der Waals surface area contributed by atoms with Gasteiger partial charge in [0.25, 0.3) is 0 Å². The summed E-state index contributed by atoms with van der Waals surface area (Å²) in [6.45, 7) is 5.36. The van der Waals surface area contributed by atoms with E-state index < -0.39 is 0 Å². The first-order valence-electron chi connectivity index (χ1n) is 5.04. The molecule has 1 fully saturated rings. The Labute approximate surface area is 75.7 Å². The third-order valence-corrected chi connectivity index (χ3v) is 2.65. The van der Waals surface area contributed by atoms with Crippen LogP contribution in [0.15, 0.2) is 0 Å². The van der Waals surface area contributed by atoms with E-state index in [9.17, 15) is 0 Å². The first kappa shape index (κ1) is 10.0. The standard InChI is InChI=1S/C10H21NO/c1-4-5-9-6-10(9)11-7-8(2)12-3/h8-11H,4-7H2,1-3H3. The van der Waals surface area contributed by atoms with Gasteiger partial charge in [-0.2, -0.15) is 0 Å². The summed E-state index contributed by atoms with van der Waals surface area (Å²) in [6.07, 6.45) is 4.44. The molecule has 3 atom stereocenters. The van der Waals surface area contributed by atoms with Gasteiger partial charge in [-0.1, -0.05) is 13.3 Å². The van der Waals surface area contributed by atoms with Gasteiger partial charge in [0.15, 0.2) is 0 Å². The fraction of sp³-hybridized carbons (Fsp3) is 1.00. The predicted octanol–water partition coefficient (Wildman–Crippen LogP) is 1.80. The summed E-state index contributed by atoms with van der Waals surface area (Å²) in [6, 6.07) is 0.794. The molecule has 0 aromatic carbocycles. The summed E-state index contributed by atoms with van der Waals surface area (Å²) in [5.74, 6) is 0.957. The Kier molecular flexibility index (Phi) is 4.02. The molecule has 0 saturated heterocycles. The average Bonchev–Trinajstić information content (AvgIpc) is 2.80. The monoisotopic (exact) mass is 171 g/mol. The molecule has 0 radical (unpaired) electrons. The molecule has 0 aromatic rings. The van der Waals surface area contributed by atoms with E-state index in [4.69, 9.17) is 4.74 Å². The Balaban J connectivity index is 1.96. The van der Waals surface area contributed by atoms with Crippen LogP contribution in [-0.2, 0) is 4.74 Å². The Morgan fingerprint density at radius 3 is 2.92 bits per heavy atom. The van der Waals surface area contributed by atoms with Crippen LogP contribution in [0, 0.1) is 5.92 Å². The minimum absolute atomic E-state index is 0.355. The lowest BCUT2D eigenvalue weighted by Gasteiger charge is -2.10. The zero-order chi connectivity index (χ0) is 8.97. The van der Waals surface area contributed by atoms with Crippen molar-refractivity contribution >= 4 is 0 Å². The van der Waals surface area contributed by atoms with Crippen LogP contribution in [-0.4, -0.2) is 25.8 Å². The van der Waals surface area contributed by atoms with E-state index in [0.717, 1.165) is 18.5 Å². The summed E-state index contributed by atoms with van der Waals surface area (Å²) in [4.78, 5) is 0. The first-order chi connectivity index (χ1) is 5.77. The highest BCUT2D eigenvalue weighted by atomic mass is 16.5. The van der Waals surface area contributed by atoms with Crippen LogP contribution in [0.4, 0.5) is 0 Å². The molecular formula is C10H21NO. The van der Waals surface area contributed by atoms with Crippen LogP contribution >= 0.6 is 0 Å². The van der Waals surface area contributed by atoms with E-state index in [1.165, 1.54) is 19.3 Å². The van der Waals surface area contributed by atoms with E-state index >= 15 is 0 Å². The predicted molar refractivity (Wildman–Crippen MR) is 51.3 cm³/mol.